The number of halogens is 2. The van der Waals surface area contributed by atoms with E-state index in [1.807, 2.05) is 0 Å². The van der Waals surface area contributed by atoms with Crippen molar-refractivity contribution in [2.45, 2.75) is 17.5 Å². The number of aliphatic hydroxyl groups is 1. The van der Waals surface area contributed by atoms with E-state index in [0.717, 1.165) is 0 Å². The zero-order valence-electron chi connectivity index (χ0n) is 9.60. The summed E-state index contributed by atoms with van der Waals surface area (Å²) in [4.78, 5) is 0. The molecule has 1 aromatic carbocycles. The highest BCUT2D eigenvalue weighted by molar-refractivity contribution is 7.98. The van der Waals surface area contributed by atoms with Gasteiger partial charge in [-0.05, 0) is 11.6 Å². The van der Waals surface area contributed by atoms with Gasteiger partial charge in [0, 0.05) is 12.8 Å². The first kappa shape index (κ1) is 13.3. The van der Waals surface area contributed by atoms with Gasteiger partial charge in [0.2, 0.25) is 0 Å². The fourth-order valence-corrected chi connectivity index (χ4v) is 2.61. The molecule has 4 nitrogen and oxygen atoms in total. The van der Waals surface area contributed by atoms with Crippen LogP contribution in [-0.2, 0) is 19.4 Å². The third kappa shape index (κ3) is 2.66. The first-order valence-electron chi connectivity index (χ1n) is 5.18. The maximum atomic E-state index is 13.2. The highest BCUT2D eigenvalue weighted by Crippen LogP contribution is 2.27. The molecule has 0 amide bonds. The summed E-state index contributed by atoms with van der Waals surface area (Å²) >= 11 is 7.25. The largest absolute Gasteiger partial charge is 0.388 e. The highest BCUT2D eigenvalue weighted by Gasteiger charge is 2.10. The Bertz CT molecular complexity index is 561. The van der Waals surface area contributed by atoms with E-state index in [4.69, 9.17) is 16.7 Å². The van der Waals surface area contributed by atoms with E-state index in [1.54, 1.807) is 23.7 Å². The Morgan fingerprint density at radius 3 is 2.89 bits per heavy atom. The number of nitrogens with zero attached hydrogens (tertiary/aromatic N) is 3. The number of rotatable bonds is 4. The van der Waals surface area contributed by atoms with Crippen molar-refractivity contribution in [3.05, 3.63) is 40.4 Å². The predicted octanol–water partition coefficient (Wildman–Crippen LogP) is 2.39. The second-order valence-corrected chi connectivity index (χ2v) is 4.94. The monoisotopic (exact) mass is 287 g/mol. The lowest BCUT2D eigenvalue weighted by atomic mass is 10.2. The molecule has 2 rings (SSSR count). The van der Waals surface area contributed by atoms with E-state index in [1.165, 1.54) is 17.8 Å². The fourth-order valence-electron chi connectivity index (χ4n) is 1.41. The Hall–Kier alpha value is -1.11. The van der Waals surface area contributed by atoms with Gasteiger partial charge in [0.15, 0.2) is 11.0 Å². The molecule has 2 aromatic rings. The van der Waals surface area contributed by atoms with Gasteiger partial charge in [-0.3, -0.25) is 0 Å². The molecule has 0 atom stereocenters. The van der Waals surface area contributed by atoms with Crippen molar-refractivity contribution in [2.75, 3.05) is 0 Å². The van der Waals surface area contributed by atoms with Crippen LogP contribution in [0.2, 0.25) is 5.02 Å². The van der Waals surface area contributed by atoms with Gasteiger partial charge in [-0.15, -0.1) is 10.2 Å². The summed E-state index contributed by atoms with van der Waals surface area (Å²) in [6.45, 7) is -0.162. The van der Waals surface area contributed by atoms with Gasteiger partial charge < -0.3 is 9.67 Å². The minimum atomic E-state index is -0.427. The molecule has 96 valence electrons. The third-order valence-corrected chi connectivity index (χ3v) is 3.95. The first-order chi connectivity index (χ1) is 8.63. The molecule has 7 heteroatoms. The molecule has 0 spiro atoms. The normalized spacial score (nSPS) is 10.9. The molecule has 1 aromatic heterocycles. The molecule has 0 saturated heterocycles. The molecule has 18 heavy (non-hydrogen) atoms. The molecule has 1 heterocycles. The maximum absolute atomic E-state index is 13.2. The molecular weight excluding hydrogens is 277 g/mol. The van der Waals surface area contributed by atoms with E-state index < -0.39 is 5.82 Å². The van der Waals surface area contributed by atoms with Crippen molar-refractivity contribution in [3.63, 3.8) is 0 Å². The summed E-state index contributed by atoms with van der Waals surface area (Å²) in [7, 11) is 1.76. The molecule has 0 aliphatic heterocycles. The van der Waals surface area contributed by atoms with Crippen LogP contribution >= 0.6 is 23.4 Å². The molecule has 0 aliphatic rings. The van der Waals surface area contributed by atoms with Gasteiger partial charge in [-0.1, -0.05) is 35.5 Å². The van der Waals surface area contributed by atoms with Crippen LogP contribution in [-0.4, -0.2) is 19.9 Å². The molecular formula is C11H11ClFN3OS. The van der Waals surface area contributed by atoms with E-state index in [-0.39, 0.29) is 11.6 Å². The smallest absolute Gasteiger partial charge is 0.191 e. The predicted molar refractivity (Wildman–Crippen MR) is 67.9 cm³/mol. The lowest BCUT2D eigenvalue weighted by molar-refractivity contribution is 0.266. The van der Waals surface area contributed by atoms with Crippen molar-refractivity contribution in [3.8, 4) is 0 Å². The van der Waals surface area contributed by atoms with Crippen LogP contribution in [0.25, 0.3) is 0 Å². The van der Waals surface area contributed by atoms with Gasteiger partial charge in [-0.25, -0.2) is 4.39 Å². The van der Waals surface area contributed by atoms with E-state index in [0.29, 0.717) is 22.3 Å². The summed E-state index contributed by atoms with van der Waals surface area (Å²) in [5.74, 6) is 0.556. The number of hydrogen-bond donors (Lipinski definition) is 1. The van der Waals surface area contributed by atoms with E-state index in [2.05, 4.69) is 10.2 Å². The lowest BCUT2D eigenvalue weighted by Crippen LogP contribution is -1.98. The van der Waals surface area contributed by atoms with Gasteiger partial charge in [0.05, 0.1) is 5.02 Å². The number of benzene rings is 1. The second-order valence-electron chi connectivity index (χ2n) is 3.62. The van der Waals surface area contributed by atoms with Crippen molar-refractivity contribution in [1.82, 2.24) is 14.8 Å². The standard InChI is InChI=1S/C11H11ClFN3OS/c1-16-9(5-17)14-15-11(16)18-6-7-3-2-4-8(13)10(7)12/h2-4,17H,5-6H2,1H3. The Kier molecular flexibility index (Phi) is 4.21. The highest BCUT2D eigenvalue weighted by atomic mass is 35.5. The van der Waals surface area contributed by atoms with Crippen LogP contribution in [0.1, 0.15) is 11.4 Å². The average Bonchev–Trinajstić information content (AvgIpc) is 2.72. The molecule has 0 radical (unpaired) electrons. The summed E-state index contributed by atoms with van der Waals surface area (Å²) in [6, 6.07) is 4.71. The lowest BCUT2D eigenvalue weighted by Gasteiger charge is -2.05. The second kappa shape index (κ2) is 5.69. The van der Waals surface area contributed by atoms with Crippen LogP contribution in [0, 0.1) is 5.82 Å². The Morgan fingerprint density at radius 1 is 1.44 bits per heavy atom. The zero-order chi connectivity index (χ0) is 13.1. The number of hydrogen-bond acceptors (Lipinski definition) is 4. The number of aliphatic hydroxyl groups excluding tert-OH is 1. The first-order valence-corrected chi connectivity index (χ1v) is 6.54. The Morgan fingerprint density at radius 2 is 2.22 bits per heavy atom. The maximum Gasteiger partial charge on any atom is 0.191 e. The number of aromatic nitrogens is 3. The van der Waals surface area contributed by atoms with Gasteiger partial charge in [0.1, 0.15) is 12.4 Å². The van der Waals surface area contributed by atoms with Crippen molar-refractivity contribution in [1.29, 1.82) is 0 Å². The quantitative estimate of drug-likeness (QED) is 0.877. The van der Waals surface area contributed by atoms with Gasteiger partial charge >= 0.3 is 0 Å². The fraction of sp³-hybridized carbons (Fsp3) is 0.273. The van der Waals surface area contributed by atoms with Crippen LogP contribution in [0.4, 0.5) is 4.39 Å². The third-order valence-electron chi connectivity index (χ3n) is 2.45. The topological polar surface area (TPSA) is 50.9 Å². The van der Waals surface area contributed by atoms with Gasteiger partial charge in [-0.2, -0.15) is 0 Å². The molecule has 0 aliphatic carbocycles. The molecule has 0 saturated carbocycles. The van der Waals surface area contributed by atoms with Crippen molar-refractivity contribution >= 4 is 23.4 Å². The Balaban J connectivity index is 2.11. The zero-order valence-corrected chi connectivity index (χ0v) is 11.2. The molecule has 0 bridgehead atoms. The van der Waals surface area contributed by atoms with E-state index in [9.17, 15) is 4.39 Å². The molecule has 1 N–H and O–H groups in total. The van der Waals surface area contributed by atoms with Crippen molar-refractivity contribution < 1.29 is 9.50 Å². The average molecular weight is 288 g/mol. The van der Waals surface area contributed by atoms with Crippen LogP contribution in [0.5, 0.6) is 0 Å². The minimum Gasteiger partial charge on any atom is -0.388 e. The molecule has 0 unspecified atom stereocenters. The van der Waals surface area contributed by atoms with Gasteiger partial charge in [0.25, 0.3) is 0 Å². The molecule has 0 fully saturated rings. The summed E-state index contributed by atoms with van der Waals surface area (Å²) in [5.41, 5.74) is 0.704. The number of thioether (sulfide) groups is 1. The summed E-state index contributed by atoms with van der Waals surface area (Å²) in [5, 5.41) is 17.5. The summed E-state index contributed by atoms with van der Waals surface area (Å²) < 4.78 is 14.9. The van der Waals surface area contributed by atoms with Crippen LogP contribution in [0.15, 0.2) is 23.4 Å². The summed E-state index contributed by atoms with van der Waals surface area (Å²) in [6.07, 6.45) is 0. The Labute approximate surface area is 113 Å². The van der Waals surface area contributed by atoms with Crippen LogP contribution in [0.3, 0.4) is 0 Å². The van der Waals surface area contributed by atoms with Crippen LogP contribution < -0.4 is 0 Å². The SMILES string of the molecule is Cn1c(CO)nnc1SCc1cccc(F)c1Cl. The van der Waals surface area contributed by atoms with Crippen molar-refractivity contribution in [2.24, 2.45) is 7.05 Å². The minimum absolute atomic E-state index is 0.134. The van der Waals surface area contributed by atoms with E-state index >= 15 is 0 Å².